The lowest BCUT2D eigenvalue weighted by atomic mass is 9.81. The summed E-state index contributed by atoms with van der Waals surface area (Å²) in [4.78, 5) is 18.2. The number of hydrogen-bond donors (Lipinski definition) is 1. The van der Waals surface area contributed by atoms with Gasteiger partial charge in [0.05, 0.1) is 11.9 Å². The van der Waals surface area contributed by atoms with E-state index in [0.29, 0.717) is 24.3 Å². The molecule has 1 aliphatic rings. The molecular weight excluding hydrogens is 360 g/mol. The molecule has 3 aromatic rings. The molecule has 3 heterocycles. The van der Waals surface area contributed by atoms with E-state index in [-0.39, 0.29) is 0 Å². The first-order valence-electron chi connectivity index (χ1n) is 9.11. The van der Waals surface area contributed by atoms with E-state index < -0.39 is 11.4 Å². The number of hydrogen-bond acceptors (Lipinski definition) is 6. The van der Waals surface area contributed by atoms with Crippen molar-refractivity contribution in [2.45, 2.75) is 25.4 Å². The van der Waals surface area contributed by atoms with Crippen LogP contribution in [-0.4, -0.2) is 54.7 Å². The number of fused-ring (bicyclic) bond motifs is 1. The lowest BCUT2D eigenvalue weighted by Gasteiger charge is -2.41. The topological polar surface area (TPSA) is 84.0 Å². The molecule has 0 saturated heterocycles. The molecule has 1 fully saturated rings. The predicted molar refractivity (Wildman–Crippen MR) is 108 cm³/mol. The van der Waals surface area contributed by atoms with Crippen molar-refractivity contribution >= 4 is 28.2 Å². The zero-order chi connectivity index (χ0) is 18.8. The van der Waals surface area contributed by atoms with Crippen LogP contribution in [0.15, 0.2) is 43.1 Å². The SMILES string of the molecule is CN(Cc1cccnc1)[S+]([O-])C[C@H]1C[C@@H](N(C)c2ncnc3[nH]ccc23)C1. The first-order valence-corrected chi connectivity index (χ1v) is 10.4. The highest BCUT2D eigenvalue weighted by molar-refractivity contribution is 7.89. The number of nitrogens with one attached hydrogen (secondary N) is 1. The fraction of sp³-hybridized carbons (Fsp3) is 0.421. The summed E-state index contributed by atoms with van der Waals surface area (Å²) in [6.07, 6.45) is 9.15. The Morgan fingerprint density at radius 2 is 2.11 bits per heavy atom. The van der Waals surface area contributed by atoms with Crippen molar-refractivity contribution in [2.75, 3.05) is 24.7 Å². The van der Waals surface area contributed by atoms with Crippen LogP contribution in [0.2, 0.25) is 0 Å². The van der Waals surface area contributed by atoms with Crippen molar-refractivity contribution in [2.24, 2.45) is 5.92 Å². The molecule has 1 aliphatic carbocycles. The van der Waals surface area contributed by atoms with Gasteiger partial charge in [0.15, 0.2) is 0 Å². The maximum Gasteiger partial charge on any atom is 0.142 e. The standard InChI is InChI=1S/C19H24N6OS/c1-24(11-14-4-3-6-20-10-14)27(26)12-15-8-16(9-15)25(2)19-17-5-7-21-18(17)22-13-23-19/h3-7,10,13,15-16H,8-9,11-12H2,1-2H3,(H,21,22,23)/t15-,16+,27?. The molecule has 27 heavy (non-hydrogen) atoms. The molecule has 142 valence electrons. The van der Waals surface area contributed by atoms with Gasteiger partial charge in [-0.3, -0.25) is 4.98 Å². The highest BCUT2D eigenvalue weighted by atomic mass is 32.2. The number of rotatable bonds is 7. The Balaban J connectivity index is 1.29. The minimum atomic E-state index is -0.976. The lowest BCUT2D eigenvalue weighted by molar-refractivity contribution is 0.278. The lowest BCUT2D eigenvalue weighted by Crippen LogP contribution is -2.46. The van der Waals surface area contributed by atoms with Crippen LogP contribution < -0.4 is 4.90 Å². The third-order valence-electron chi connectivity index (χ3n) is 5.28. The van der Waals surface area contributed by atoms with Gasteiger partial charge in [-0.15, -0.1) is 4.31 Å². The molecule has 0 radical (unpaired) electrons. The van der Waals surface area contributed by atoms with Gasteiger partial charge in [-0.05, 0) is 30.5 Å². The molecule has 0 amide bonds. The van der Waals surface area contributed by atoms with Gasteiger partial charge in [0.2, 0.25) is 0 Å². The molecule has 1 atom stereocenters. The first kappa shape index (κ1) is 18.2. The van der Waals surface area contributed by atoms with Crippen molar-refractivity contribution in [1.29, 1.82) is 0 Å². The second-order valence-corrected chi connectivity index (χ2v) is 8.77. The van der Waals surface area contributed by atoms with Crippen molar-refractivity contribution in [3.63, 3.8) is 0 Å². The summed E-state index contributed by atoms with van der Waals surface area (Å²) in [5.74, 6) is 2.16. The van der Waals surface area contributed by atoms with E-state index in [0.717, 1.165) is 35.3 Å². The van der Waals surface area contributed by atoms with Gasteiger partial charge in [-0.2, -0.15) is 0 Å². The third kappa shape index (κ3) is 3.92. The maximum atomic E-state index is 12.6. The minimum absolute atomic E-state index is 0.434. The zero-order valence-electron chi connectivity index (χ0n) is 15.6. The summed E-state index contributed by atoms with van der Waals surface area (Å²) in [6.45, 7) is 0.656. The van der Waals surface area contributed by atoms with E-state index in [4.69, 9.17) is 0 Å². The molecular formula is C19H24N6OS. The van der Waals surface area contributed by atoms with Crippen LogP contribution >= 0.6 is 0 Å². The fourth-order valence-electron chi connectivity index (χ4n) is 3.62. The van der Waals surface area contributed by atoms with Gasteiger partial charge in [0.1, 0.15) is 23.5 Å². The van der Waals surface area contributed by atoms with Crippen molar-refractivity contribution < 1.29 is 4.55 Å². The second-order valence-electron chi connectivity index (χ2n) is 7.17. The van der Waals surface area contributed by atoms with E-state index >= 15 is 0 Å². The van der Waals surface area contributed by atoms with Gasteiger partial charge in [-0.1, -0.05) is 6.07 Å². The van der Waals surface area contributed by atoms with Crippen LogP contribution in [0.4, 0.5) is 5.82 Å². The van der Waals surface area contributed by atoms with Gasteiger partial charge in [-0.25, -0.2) is 9.97 Å². The molecule has 0 bridgehead atoms. The van der Waals surface area contributed by atoms with Crippen LogP contribution in [0.25, 0.3) is 11.0 Å². The van der Waals surface area contributed by atoms with Crippen LogP contribution in [0.5, 0.6) is 0 Å². The van der Waals surface area contributed by atoms with Crippen LogP contribution in [-0.2, 0) is 17.9 Å². The Morgan fingerprint density at radius 3 is 2.89 bits per heavy atom. The van der Waals surface area contributed by atoms with Crippen molar-refractivity contribution in [3.8, 4) is 0 Å². The van der Waals surface area contributed by atoms with E-state index in [9.17, 15) is 4.55 Å². The van der Waals surface area contributed by atoms with Crippen LogP contribution in [0, 0.1) is 5.92 Å². The predicted octanol–water partition coefficient (Wildman–Crippen LogP) is 2.36. The van der Waals surface area contributed by atoms with E-state index in [1.165, 1.54) is 0 Å². The minimum Gasteiger partial charge on any atom is -0.598 e. The number of aromatic nitrogens is 4. The molecule has 1 N–H and O–H groups in total. The Kier molecular flexibility index (Phi) is 5.29. The quantitative estimate of drug-likeness (QED) is 0.630. The number of pyridine rings is 1. The Labute approximate surface area is 162 Å². The maximum absolute atomic E-state index is 12.6. The summed E-state index contributed by atoms with van der Waals surface area (Å²) >= 11 is -0.976. The van der Waals surface area contributed by atoms with E-state index in [2.05, 4.69) is 31.9 Å². The van der Waals surface area contributed by atoms with Crippen molar-refractivity contribution in [3.05, 3.63) is 48.7 Å². The third-order valence-corrected chi connectivity index (χ3v) is 6.86. The molecule has 0 aliphatic heterocycles. The molecule has 7 nitrogen and oxygen atoms in total. The molecule has 1 unspecified atom stereocenters. The summed E-state index contributed by atoms with van der Waals surface area (Å²) in [5, 5.41) is 1.04. The van der Waals surface area contributed by atoms with Gasteiger partial charge >= 0.3 is 0 Å². The molecule has 4 rings (SSSR count). The summed E-state index contributed by atoms with van der Waals surface area (Å²) < 4.78 is 14.5. The van der Waals surface area contributed by atoms with E-state index in [1.54, 1.807) is 12.5 Å². The molecule has 1 saturated carbocycles. The molecule has 8 heteroatoms. The average molecular weight is 385 g/mol. The Bertz CT molecular complexity index is 882. The molecule has 0 spiro atoms. The second kappa shape index (κ2) is 7.84. The van der Waals surface area contributed by atoms with Crippen LogP contribution in [0.1, 0.15) is 18.4 Å². The zero-order valence-corrected chi connectivity index (χ0v) is 16.4. The number of nitrogens with zero attached hydrogens (tertiary/aromatic N) is 5. The molecule has 0 aromatic carbocycles. The highest BCUT2D eigenvalue weighted by Gasteiger charge is 2.37. The first-order chi connectivity index (χ1) is 13.1. The highest BCUT2D eigenvalue weighted by Crippen LogP contribution is 2.36. The van der Waals surface area contributed by atoms with Crippen molar-refractivity contribution in [1.82, 2.24) is 24.2 Å². The van der Waals surface area contributed by atoms with Gasteiger partial charge in [0.25, 0.3) is 0 Å². The molecule has 3 aromatic heterocycles. The number of aromatic amines is 1. The summed E-state index contributed by atoms with van der Waals surface area (Å²) in [5.41, 5.74) is 1.94. The monoisotopic (exact) mass is 384 g/mol. The number of anilines is 1. The normalized spacial score (nSPS) is 20.6. The Hall–Kier alpha value is -2.16. The van der Waals surface area contributed by atoms with Crippen LogP contribution in [0.3, 0.4) is 0 Å². The van der Waals surface area contributed by atoms with E-state index in [1.807, 2.05) is 41.9 Å². The van der Waals surface area contributed by atoms with Gasteiger partial charge in [0, 0.05) is 56.0 Å². The number of H-pyrrole nitrogens is 1. The Morgan fingerprint density at radius 1 is 1.26 bits per heavy atom. The fourth-order valence-corrected chi connectivity index (χ4v) is 4.84. The summed E-state index contributed by atoms with van der Waals surface area (Å²) in [7, 11) is 4.00. The van der Waals surface area contributed by atoms with Gasteiger partial charge < -0.3 is 14.4 Å². The largest absolute Gasteiger partial charge is 0.598 e. The smallest absolute Gasteiger partial charge is 0.142 e. The summed E-state index contributed by atoms with van der Waals surface area (Å²) in [6, 6.07) is 6.37. The average Bonchev–Trinajstić information content (AvgIpc) is 3.13.